The summed E-state index contributed by atoms with van der Waals surface area (Å²) >= 11 is 0. The number of nitrogens with two attached hydrogens (primary N) is 1. The zero-order chi connectivity index (χ0) is 14.8. The molecule has 0 bridgehead atoms. The fraction of sp³-hybridized carbons (Fsp3) is 0.429. The van der Waals surface area contributed by atoms with Crippen LogP contribution in [0.1, 0.15) is 19.8 Å². The Labute approximate surface area is 118 Å². The molecule has 0 aromatic heterocycles. The van der Waals surface area contributed by atoms with Crippen molar-refractivity contribution in [1.82, 2.24) is 10.6 Å². The Bertz CT molecular complexity index is 432. The highest BCUT2D eigenvalue weighted by Crippen LogP contribution is 2.12. The number of amides is 2. The van der Waals surface area contributed by atoms with Crippen molar-refractivity contribution in [2.75, 3.05) is 25.4 Å². The van der Waals surface area contributed by atoms with E-state index in [2.05, 4.69) is 10.6 Å². The molecule has 0 aliphatic rings. The average Bonchev–Trinajstić information content (AvgIpc) is 2.45. The molecule has 110 valence electrons. The molecule has 0 fully saturated rings. The lowest BCUT2D eigenvalue weighted by atomic mass is 10.3. The Morgan fingerprint density at radius 3 is 2.50 bits per heavy atom. The number of hydrogen-bond donors (Lipinski definition) is 3. The second-order valence-electron chi connectivity index (χ2n) is 4.29. The predicted octanol–water partition coefficient (Wildman–Crippen LogP) is 0.680. The van der Waals surface area contributed by atoms with E-state index in [0.29, 0.717) is 18.0 Å². The summed E-state index contributed by atoms with van der Waals surface area (Å²) in [6.07, 6.45) is 1.07. The third kappa shape index (κ3) is 6.63. The summed E-state index contributed by atoms with van der Waals surface area (Å²) in [4.78, 5) is 22.7. The minimum atomic E-state index is -0.216. The Hall–Kier alpha value is -2.24. The lowest BCUT2D eigenvalue weighted by Crippen LogP contribution is -2.37. The summed E-state index contributed by atoms with van der Waals surface area (Å²) < 4.78 is 5.39. The maximum atomic E-state index is 11.5. The largest absolute Gasteiger partial charge is 0.493 e. The van der Waals surface area contributed by atoms with Crippen molar-refractivity contribution in [2.24, 2.45) is 0 Å². The fourth-order valence-corrected chi connectivity index (χ4v) is 1.42. The number of rotatable bonds is 8. The number of hydrogen-bond acceptors (Lipinski definition) is 4. The van der Waals surface area contributed by atoms with Gasteiger partial charge in [0.05, 0.1) is 19.6 Å². The Balaban J connectivity index is 2.14. The van der Waals surface area contributed by atoms with Gasteiger partial charge in [0.25, 0.3) is 0 Å². The van der Waals surface area contributed by atoms with E-state index >= 15 is 0 Å². The van der Waals surface area contributed by atoms with Crippen LogP contribution in [-0.4, -0.2) is 31.5 Å². The number of anilines is 1. The van der Waals surface area contributed by atoms with E-state index in [1.807, 2.05) is 6.92 Å². The van der Waals surface area contributed by atoms with Gasteiger partial charge in [-0.05, 0) is 30.7 Å². The van der Waals surface area contributed by atoms with Crippen molar-refractivity contribution < 1.29 is 14.3 Å². The molecule has 6 nitrogen and oxygen atoms in total. The second kappa shape index (κ2) is 8.79. The van der Waals surface area contributed by atoms with Gasteiger partial charge in [0.1, 0.15) is 5.75 Å². The van der Waals surface area contributed by atoms with Crippen LogP contribution in [0.3, 0.4) is 0 Å². The molecule has 20 heavy (non-hydrogen) atoms. The number of ether oxygens (including phenoxy) is 1. The zero-order valence-corrected chi connectivity index (χ0v) is 11.6. The molecule has 0 unspecified atom stereocenters. The van der Waals surface area contributed by atoms with Crippen molar-refractivity contribution in [3.8, 4) is 5.75 Å². The van der Waals surface area contributed by atoms with Crippen LogP contribution in [0.15, 0.2) is 24.3 Å². The summed E-state index contributed by atoms with van der Waals surface area (Å²) in [5.74, 6) is 0.263. The van der Waals surface area contributed by atoms with Crippen LogP contribution in [0, 0.1) is 0 Å². The second-order valence-corrected chi connectivity index (χ2v) is 4.29. The number of nitrogens with one attached hydrogen (secondary N) is 2. The van der Waals surface area contributed by atoms with Gasteiger partial charge in [-0.15, -0.1) is 0 Å². The van der Waals surface area contributed by atoms with Gasteiger partial charge >= 0.3 is 0 Å². The maximum absolute atomic E-state index is 11.5. The fourth-order valence-electron chi connectivity index (χ4n) is 1.42. The predicted molar refractivity (Wildman–Crippen MR) is 77.3 cm³/mol. The Kier molecular flexibility index (Phi) is 6.95. The molecule has 0 aliphatic heterocycles. The third-order valence-electron chi connectivity index (χ3n) is 2.50. The minimum absolute atomic E-state index is 0.000698. The van der Waals surface area contributed by atoms with E-state index in [-0.39, 0.29) is 31.4 Å². The van der Waals surface area contributed by atoms with Gasteiger partial charge in [-0.25, -0.2) is 0 Å². The molecular weight excluding hydrogens is 258 g/mol. The van der Waals surface area contributed by atoms with Crippen LogP contribution in [0.5, 0.6) is 5.75 Å². The average molecular weight is 279 g/mol. The monoisotopic (exact) mass is 279 g/mol. The molecule has 0 saturated carbocycles. The van der Waals surface area contributed by atoms with Gasteiger partial charge in [0.2, 0.25) is 11.8 Å². The molecule has 0 aliphatic carbocycles. The van der Waals surface area contributed by atoms with Crippen LogP contribution in [0.4, 0.5) is 5.69 Å². The quantitative estimate of drug-likeness (QED) is 0.610. The molecule has 0 spiro atoms. The highest BCUT2D eigenvalue weighted by Gasteiger charge is 2.05. The molecule has 1 aromatic carbocycles. The van der Waals surface area contributed by atoms with Gasteiger partial charge in [-0.2, -0.15) is 0 Å². The summed E-state index contributed by atoms with van der Waals surface area (Å²) in [5, 5.41) is 5.21. The standard InChI is InChI=1S/C14H21N3O3/c1-2-8-16-14(19)10-17-13(18)7-9-20-12-5-3-11(15)4-6-12/h3-6H,2,7-10,15H2,1H3,(H,16,19)(H,17,18). The van der Waals surface area contributed by atoms with Crippen LogP contribution in [0.25, 0.3) is 0 Å². The van der Waals surface area contributed by atoms with E-state index in [4.69, 9.17) is 10.5 Å². The van der Waals surface area contributed by atoms with Crippen LogP contribution < -0.4 is 21.1 Å². The molecule has 0 heterocycles. The number of carbonyl (C=O) groups is 2. The van der Waals surface area contributed by atoms with Crippen molar-refractivity contribution in [1.29, 1.82) is 0 Å². The molecule has 4 N–H and O–H groups in total. The lowest BCUT2D eigenvalue weighted by Gasteiger charge is -2.07. The van der Waals surface area contributed by atoms with E-state index < -0.39 is 0 Å². The summed E-state index contributed by atoms with van der Waals surface area (Å²) in [6, 6.07) is 6.94. The molecule has 1 aromatic rings. The van der Waals surface area contributed by atoms with Gasteiger partial charge in [-0.3, -0.25) is 9.59 Å². The first-order chi connectivity index (χ1) is 9.61. The summed E-state index contributed by atoms with van der Waals surface area (Å²) in [6.45, 7) is 2.84. The van der Waals surface area contributed by atoms with E-state index in [0.717, 1.165) is 6.42 Å². The van der Waals surface area contributed by atoms with Gasteiger partial charge < -0.3 is 21.1 Å². The van der Waals surface area contributed by atoms with Crippen LogP contribution >= 0.6 is 0 Å². The number of benzene rings is 1. The molecule has 1 rings (SSSR count). The smallest absolute Gasteiger partial charge is 0.239 e. The zero-order valence-electron chi connectivity index (χ0n) is 11.6. The molecule has 0 atom stereocenters. The molecule has 0 saturated heterocycles. The first kappa shape index (κ1) is 15.8. The normalized spacial score (nSPS) is 9.85. The van der Waals surface area contributed by atoms with Crippen molar-refractivity contribution >= 4 is 17.5 Å². The third-order valence-corrected chi connectivity index (χ3v) is 2.50. The molecule has 0 radical (unpaired) electrons. The van der Waals surface area contributed by atoms with Crippen molar-refractivity contribution in [3.63, 3.8) is 0 Å². The molecular formula is C14H21N3O3. The Morgan fingerprint density at radius 2 is 1.85 bits per heavy atom. The molecule has 2 amide bonds. The van der Waals surface area contributed by atoms with E-state index in [9.17, 15) is 9.59 Å². The first-order valence-electron chi connectivity index (χ1n) is 6.63. The van der Waals surface area contributed by atoms with Crippen molar-refractivity contribution in [2.45, 2.75) is 19.8 Å². The number of carbonyl (C=O) groups excluding carboxylic acids is 2. The van der Waals surface area contributed by atoms with E-state index in [1.165, 1.54) is 0 Å². The highest BCUT2D eigenvalue weighted by atomic mass is 16.5. The van der Waals surface area contributed by atoms with Gasteiger partial charge in [0.15, 0.2) is 0 Å². The summed E-state index contributed by atoms with van der Waals surface area (Å²) in [7, 11) is 0. The van der Waals surface area contributed by atoms with Gasteiger partial charge in [-0.1, -0.05) is 6.92 Å². The van der Waals surface area contributed by atoms with Crippen LogP contribution in [-0.2, 0) is 9.59 Å². The SMILES string of the molecule is CCCNC(=O)CNC(=O)CCOc1ccc(N)cc1. The van der Waals surface area contributed by atoms with Crippen LogP contribution in [0.2, 0.25) is 0 Å². The van der Waals surface area contributed by atoms with Gasteiger partial charge in [0, 0.05) is 12.2 Å². The Morgan fingerprint density at radius 1 is 1.15 bits per heavy atom. The first-order valence-corrected chi connectivity index (χ1v) is 6.63. The minimum Gasteiger partial charge on any atom is -0.493 e. The molecule has 6 heteroatoms. The number of nitrogen functional groups attached to an aromatic ring is 1. The topological polar surface area (TPSA) is 93.5 Å². The maximum Gasteiger partial charge on any atom is 0.239 e. The lowest BCUT2D eigenvalue weighted by molar-refractivity contribution is -0.126. The van der Waals surface area contributed by atoms with E-state index in [1.54, 1.807) is 24.3 Å². The highest BCUT2D eigenvalue weighted by molar-refractivity contribution is 5.84. The summed E-state index contributed by atoms with van der Waals surface area (Å²) in [5.41, 5.74) is 6.21. The van der Waals surface area contributed by atoms with Crippen molar-refractivity contribution in [3.05, 3.63) is 24.3 Å².